The minimum Gasteiger partial charge on any atom is -0.467 e. The maximum absolute atomic E-state index is 13.5. The number of imide groups is 1. The standard InChI is InChI=1S/C24H21N3O4/c28-22(20-12-7-15-31-20)19-14-13-18-21(27(19)25-16-8-3-1-4-9-16)24(30)26(23(18)29)17-10-5-2-6-11-17/h1-15,18-19,21-22,25,28H. The summed E-state index contributed by atoms with van der Waals surface area (Å²) in [5.74, 6) is -0.914. The molecule has 2 amide bonds. The van der Waals surface area contributed by atoms with Crippen molar-refractivity contribution in [3.63, 3.8) is 0 Å². The van der Waals surface area contributed by atoms with E-state index in [1.807, 2.05) is 36.4 Å². The van der Waals surface area contributed by atoms with Gasteiger partial charge in [-0.15, -0.1) is 0 Å². The number of aliphatic hydroxyl groups excluding tert-OH is 1. The number of fused-ring (bicyclic) bond motifs is 1. The number of rotatable bonds is 5. The lowest BCUT2D eigenvalue weighted by molar-refractivity contribution is -0.123. The van der Waals surface area contributed by atoms with Crippen molar-refractivity contribution in [2.24, 2.45) is 5.92 Å². The fourth-order valence-electron chi connectivity index (χ4n) is 4.19. The zero-order chi connectivity index (χ0) is 21.4. The average molecular weight is 415 g/mol. The van der Waals surface area contributed by atoms with E-state index in [2.05, 4.69) is 5.43 Å². The predicted molar refractivity (Wildman–Crippen MR) is 115 cm³/mol. The van der Waals surface area contributed by atoms with Crippen molar-refractivity contribution in [2.45, 2.75) is 18.2 Å². The van der Waals surface area contributed by atoms with Crippen LogP contribution in [0.4, 0.5) is 11.4 Å². The molecule has 0 saturated carbocycles. The Morgan fingerprint density at radius 2 is 1.58 bits per heavy atom. The number of benzene rings is 2. The van der Waals surface area contributed by atoms with Crippen LogP contribution in [-0.4, -0.2) is 34.0 Å². The Hall–Kier alpha value is -3.68. The fourth-order valence-corrected chi connectivity index (χ4v) is 4.19. The number of hydrazine groups is 1. The molecule has 1 saturated heterocycles. The summed E-state index contributed by atoms with van der Waals surface area (Å²) in [5.41, 5.74) is 4.52. The summed E-state index contributed by atoms with van der Waals surface area (Å²) in [5, 5.41) is 12.7. The van der Waals surface area contributed by atoms with Crippen LogP contribution in [0.15, 0.2) is 95.6 Å². The van der Waals surface area contributed by atoms with Gasteiger partial charge in [-0.3, -0.25) is 9.59 Å². The summed E-state index contributed by atoms with van der Waals surface area (Å²) in [6, 6.07) is 20.2. The Morgan fingerprint density at radius 3 is 2.26 bits per heavy atom. The van der Waals surface area contributed by atoms with Crippen LogP contribution < -0.4 is 10.3 Å². The van der Waals surface area contributed by atoms with Gasteiger partial charge >= 0.3 is 0 Å². The van der Waals surface area contributed by atoms with E-state index in [9.17, 15) is 14.7 Å². The lowest BCUT2D eigenvalue weighted by Crippen LogP contribution is -2.55. The van der Waals surface area contributed by atoms with Gasteiger partial charge in [0.1, 0.15) is 17.9 Å². The molecule has 156 valence electrons. The summed E-state index contributed by atoms with van der Waals surface area (Å²) < 4.78 is 5.40. The third kappa shape index (κ3) is 3.34. The minimum atomic E-state index is -1.03. The highest BCUT2D eigenvalue weighted by atomic mass is 16.4. The summed E-state index contributed by atoms with van der Waals surface area (Å²) in [6.45, 7) is 0. The molecule has 7 nitrogen and oxygen atoms in total. The molecular weight excluding hydrogens is 394 g/mol. The van der Waals surface area contributed by atoms with Crippen molar-refractivity contribution in [1.82, 2.24) is 5.01 Å². The number of para-hydroxylation sites is 2. The Morgan fingerprint density at radius 1 is 0.871 bits per heavy atom. The Balaban J connectivity index is 1.54. The summed E-state index contributed by atoms with van der Waals surface area (Å²) in [6.07, 6.45) is 3.93. The van der Waals surface area contributed by atoms with E-state index in [1.165, 1.54) is 11.2 Å². The molecule has 2 N–H and O–H groups in total. The first-order valence-electron chi connectivity index (χ1n) is 10.1. The lowest BCUT2D eigenvalue weighted by atomic mass is 9.92. The Labute approximate surface area is 179 Å². The van der Waals surface area contributed by atoms with Crippen LogP contribution in [0.1, 0.15) is 11.9 Å². The molecule has 0 aliphatic carbocycles. The lowest BCUT2D eigenvalue weighted by Gasteiger charge is -2.40. The van der Waals surface area contributed by atoms with Gasteiger partial charge in [-0.1, -0.05) is 48.6 Å². The van der Waals surface area contributed by atoms with E-state index in [1.54, 1.807) is 53.6 Å². The second-order valence-electron chi connectivity index (χ2n) is 7.54. The first-order chi connectivity index (χ1) is 15.1. The molecule has 31 heavy (non-hydrogen) atoms. The molecule has 4 atom stereocenters. The molecular formula is C24H21N3O4. The third-order valence-electron chi connectivity index (χ3n) is 5.66. The molecule has 0 radical (unpaired) electrons. The van der Waals surface area contributed by atoms with Crippen LogP contribution in [0.3, 0.4) is 0 Å². The van der Waals surface area contributed by atoms with E-state index in [0.29, 0.717) is 11.4 Å². The molecule has 3 heterocycles. The van der Waals surface area contributed by atoms with Gasteiger partial charge < -0.3 is 14.9 Å². The second-order valence-corrected chi connectivity index (χ2v) is 7.54. The molecule has 4 unspecified atom stereocenters. The summed E-state index contributed by atoms with van der Waals surface area (Å²) in [7, 11) is 0. The first kappa shape index (κ1) is 19.3. The smallest absolute Gasteiger partial charge is 0.254 e. The molecule has 0 spiro atoms. The van der Waals surface area contributed by atoms with Gasteiger partial charge in [0, 0.05) is 5.69 Å². The number of anilines is 2. The van der Waals surface area contributed by atoms with E-state index < -0.39 is 24.1 Å². The number of carbonyl (C=O) groups excluding carboxylic acids is 2. The summed E-state index contributed by atoms with van der Waals surface area (Å²) >= 11 is 0. The van der Waals surface area contributed by atoms with Gasteiger partial charge in [-0.05, 0) is 36.4 Å². The van der Waals surface area contributed by atoms with Crippen LogP contribution >= 0.6 is 0 Å². The monoisotopic (exact) mass is 415 g/mol. The predicted octanol–water partition coefficient (Wildman–Crippen LogP) is 3.14. The van der Waals surface area contributed by atoms with E-state index in [0.717, 1.165) is 5.69 Å². The van der Waals surface area contributed by atoms with Gasteiger partial charge in [0.2, 0.25) is 5.91 Å². The second kappa shape index (κ2) is 7.86. The van der Waals surface area contributed by atoms with Crippen LogP contribution in [0.2, 0.25) is 0 Å². The van der Waals surface area contributed by atoms with E-state index in [4.69, 9.17) is 4.42 Å². The van der Waals surface area contributed by atoms with Gasteiger partial charge in [-0.25, -0.2) is 9.91 Å². The number of carbonyl (C=O) groups is 2. The van der Waals surface area contributed by atoms with Gasteiger partial charge in [0.05, 0.1) is 23.9 Å². The highest BCUT2D eigenvalue weighted by Gasteiger charge is 2.54. The molecule has 2 aliphatic heterocycles. The molecule has 2 aromatic carbocycles. The topological polar surface area (TPSA) is 86.0 Å². The fraction of sp³-hybridized carbons (Fsp3) is 0.167. The van der Waals surface area contributed by atoms with Crippen molar-refractivity contribution in [3.05, 3.63) is 97.0 Å². The van der Waals surface area contributed by atoms with Gasteiger partial charge in [0.25, 0.3) is 5.91 Å². The van der Waals surface area contributed by atoms with E-state index in [-0.39, 0.29) is 11.8 Å². The Kier molecular flexibility index (Phi) is 4.89. The number of aliphatic hydroxyl groups is 1. The number of hydrogen-bond donors (Lipinski definition) is 2. The summed E-state index contributed by atoms with van der Waals surface area (Å²) in [4.78, 5) is 27.9. The largest absolute Gasteiger partial charge is 0.467 e. The zero-order valence-electron chi connectivity index (χ0n) is 16.5. The normalized spacial score (nSPS) is 24.3. The van der Waals surface area contributed by atoms with Crippen molar-refractivity contribution in [1.29, 1.82) is 0 Å². The molecule has 5 rings (SSSR count). The number of hydrogen-bond acceptors (Lipinski definition) is 6. The van der Waals surface area contributed by atoms with Crippen LogP contribution in [0.25, 0.3) is 0 Å². The average Bonchev–Trinajstić information content (AvgIpc) is 3.42. The molecule has 2 aliphatic rings. The van der Waals surface area contributed by atoms with Gasteiger partial charge in [-0.2, -0.15) is 0 Å². The van der Waals surface area contributed by atoms with E-state index >= 15 is 0 Å². The Bertz CT molecular complexity index is 1100. The number of amides is 2. The van der Waals surface area contributed by atoms with Crippen LogP contribution in [-0.2, 0) is 9.59 Å². The van der Waals surface area contributed by atoms with Crippen molar-refractivity contribution >= 4 is 23.2 Å². The first-order valence-corrected chi connectivity index (χ1v) is 10.1. The maximum atomic E-state index is 13.5. The highest BCUT2D eigenvalue weighted by Crippen LogP contribution is 2.37. The third-order valence-corrected chi connectivity index (χ3v) is 5.66. The molecule has 0 bridgehead atoms. The molecule has 1 fully saturated rings. The minimum absolute atomic E-state index is 0.289. The number of furan rings is 1. The zero-order valence-corrected chi connectivity index (χ0v) is 16.5. The molecule has 3 aromatic rings. The van der Waals surface area contributed by atoms with Crippen molar-refractivity contribution in [2.75, 3.05) is 10.3 Å². The molecule has 1 aromatic heterocycles. The highest BCUT2D eigenvalue weighted by molar-refractivity contribution is 6.24. The van der Waals surface area contributed by atoms with Crippen molar-refractivity contribution in [3.8, 4) is 0 Å². The SMILES string of the molecule is O=C1C2C=CC(C(O)c3ccco3)N(Nc3ccccc3)C2C(=O)N1c1ccccc1. The van der Waals surface area contributed by atoms with Crippen molar-refractivity contribution < 1.29 is 19.1 Å². The van der Waals surface area contributed by atoms with Gasteiger partial charge in [0.15, 0.2) is 0 Å². The molecule has 7 heteroatoms. The number of nitrogens with zero attached hydrogens (tertiary/aromatic N) is 2. The van der Waals surface area contributed by atoms with Crippen LogP contribution in [0, 0.1) is 5.92 Å². The number of nitrogens with one attached hydrogen (secondary N) is 1. The maximum Gasteiger partial charge on any atom is 0.254 e. The quantitative estimate of drug-likeness (QED) is 0.492. The van der Waals surface area contributed by atoms with Crippen LogP contribution in [0.5, 0.6) is 0 Å².